The molecule has 0 bridgehead atoms. The van der Waals surface area contributed by atoms with Gasteiger partial charge in [-0.15, -0.1) is 5.92 Å². The summed E-state index contributed by atoms with van der Waals surface area (Å²) in [5, 5.41) is 24.6. The third-order valence-corrected chi connectivity index (χ3v) is 9.58. The molecule has 0 saturated heterocycles. The Labute approximate surface area is 367 Å². The number of carboxylic acid groups (broad SMARTS) is 1. The largest absolute Gasteiger partial charge is 0.481 e. The van der Waals surface area contributed by atoms with Gasteiger partial charge in [-0.2, -0.15) is 0 Å². The van der Waals surface area contributed by atoms with E-state index in [1.807, 2.05) is 0 Å². The van der Waals surface area contributed by atoms with Crippen molar-refractivity contribution >= 4 is 41.5 Å². The number of unbranched alkanes of at least 4 members (excludes halogenated alkanes) is 8. The number of ketones is 1. The van der Waals surface area contributed by atoms with Crippen molar-refractivity contribution in [2.75, 3.05) is 6.61 Å². The summed E-state index contributed by atoms with van der Waals surface area (Å²) in [5.74, 6) is -3.62. The topological polar surface area (TPSA) is 218 Å². The maximum absolute atomic E-state index is 14.2. The smallest absolute Gasteiger partial charge is 0.337 e. The van der Waals surface area contributed by atoms with Gasteiger partial charge in [-0.1, -0.05) is 103 Å². The van der Waals surface area contributed by atoms with Gasteiger partial charge in [0.2, 0.25) is 18.5 Å². The highest BCUT2D eigenvalue weighted by Crippen LogP contribution is 2.27. The van der Waals surface area contributed by atoms with Crippen LogP contribution in [0, 0.1) is 29.6 Å². The molecule has 346 valence electrons. The van der Waals surface area contributed by atoms with E-state index in [0.29, 0.717) is 37.0 Å². The lowest BCUT2D eigenvalue weighted by Crippen LogP contribution is -2.56. The van der Waals surface area contributed by atoms with Gasteiger partial charge in [-0.3, -0.25) is 24.0 Å². The minimum Gasteiger partial charge on any atom is -0.481 e. The summed E-state index contributed by atoms with van der Waals surface area (Å²) in [4.78, 5) is 90.3. The van der Waals surface area contributed by atoms with Gasteiger partial charge in [-0.25, -0.2) is 9.59 Å². The number of ether oxygens (including phenoxy) is 5. The Balaban J connectivity index is 3.37. The number of allylic oxidation sites excluding steroid dienone is 1. The first kappa shape index (κ1) is 54.8. The number of hydrogen-bond donors (Lipinski definition) is 3. The fourth-order valence-corrected chi connectivity index (χ4v) is 5.95. The van der Waals surface area contributed by atoms with Crippen molar-refractivity contribution in [3.63, 3.8) is 0 Å². The number of rotatable bonds is 31. The lowest BCUT2D eigenvalue weighted by Gasteiger charge is -2.31. The Morgan fingerprint density at radius 1 is 0.742 bits per heavy atom. The predicted molar refractivity (Wildman–Crippen MR) is 230 cm³/mol. The predicted octanol–water partition coefficient (Wildman–Crippen LogP) is 6.94. The highest BCUT2D eigenvalue weighted by Gasteiger charge is 2.50. The molecule has 0 aliphatic rings. The van der Waals surface area contributed by atoms with Crippen LogP contribution < -0.4 is 10.1 Å². The van der Waals surface area contributed by atoms with Crippen molar-refractivity contribution < 1.29 is 67.5 Å². The maximum Gasteiger partial charge on any atom is 0.337 e. The van der Waals surface area contributed by atoms with Crippen LogP contribution in [0.4, 0.5) is 0 Å². The summed E-state index contributed by atoms with van der Waals surface area (Å²) in [6.07, 6.45) is 8.06. The van der Waals surface area contributed by atoms with Crippen molar-refractivity contribution in [3.05, 3.63) is 42.0 Å². The number of carboxylic acids is 1. The quantitative estimate of drug-likeness (QED) is 0.0226. The molecular formula is C47H69NO14. The molecule has 1 aromatic rings. The fourth-order valence-electron chi connectivity index (χ4n) is 5.95. The Kier molecular flexibility index (Phi) is 26.4. The van der Waals surface area contributed by atoms with E-state index in [4.69, 9.17) is 23.7 Å². The summed E-state index contributed by atoms with van der Waals surface area (Å²) < 4.78 is 26.3. The van der Waals surface area contributed by atoms with Gasteiger partial charge in [0.15, 0.2) is 5.60 Å². The summed E-state index contributed by atoms with van der Waals surface area (Å²) in [6, 6.07) is 4.98. The molecule has 1 rings (SSSR count). The average Bonchev–Trinajstić information content (AvgIpc) is 3.20. The number of carbonyl (C=O) groups excluding carboxylic acids is 6. The molecule has 15 heteroatoms. The Morgan fingerprint density at radius 2 is 1.27 bits per heavy atom. The van der Waals surface area contributed by atoms with E-state index in [1.165, 1.54) is 26.3 Å². The van der Waals surface area contributed by atoms with Crippen molar-refractivity contribution in [3.8, 4) is 17.6 Å². The van der Waals surface area contributed by atoms with Crippen molar-refractivity contribution in [2.24, 2.45) is 17.8 Å². The zero-order valence-corrected chi connectivity index (χ0v) is 37.8. The molecule has 5 atom stereocenters. The van der Waals surface area contributed by atoms with E-state index in [0.717, 1.165) is 51.0 Å². The van der Waals surface area contributed by atoms with Crippen molar-refractivity contribution in [2.45, 2.75) is 170 Å². The summed E-state index contributed by atoms with van der Waals surface area (Å²) >= 11 is 0. The maximum atomic E-state index is 14.2. The molecule has 0 aliphatic carbocycles. The number of benzene rings is 1. The van der Waals surface area contributed by atoms with Gasteiger partial charge in [0.25, 0.3) is 0 Å². The first-order chi connectivity index (χ1) is 29.3. The number of esters is 4. The fraction of sp³-hybridized carbons (Fsp3) is 0.638. The van der Waals surface area contributed by atoms with Gasteiger partial charge < -0.3 is 39.2 Å². The van der Waals surface area contributed by atoms with E-state index in [-0.39, 0.29) is 18.8 Å². The number of Topliss-reactive ketones (excluding diaryl/α,β-unsaturated/α-hetero) is 1. The van der Waals surface area contributed by atoms with E-state index >= 15 is 0 Å². The second-order valence-electron chi connectivity index (χ2n) is 15.8. The molecule has 62 heavy (non-hydrogen) atoms. The van der Waals surface area contributed by atoms with Gasteiger partial charge in [0, 0.05) is 33.1 Å². The molecule has 1 amide bonds. The van der Waals surface area contributed by atoms with Crippen LogP contribution in [0.3, 0.4) is 0 Å². The first-order valence-corrected chi connectivity index (χ1v) is 21.7. The van der Waals surface area contributed by atoms with E-state index in [2.05, 4.69) is 24.1 Å². The molecule has 3 N–H and O–H groups in total. The van der Waals surface area contributed by atoms with Gasteiger partial charge in [0.05, 0.1) is 24.2 Å². The Hall–Kier alpha value is -5.23. The molecular weight excluding hydrogens is 803 g/mol. The van der Waals surface area contributed by atoms with Crippen LogP contribution in [0.15, 0.2) is 36.4 Å². The van der Waals surface area contributed by atoms with Crippen LogP contribution in [-0.4, -0.2) is 82.6 Å². The van der Waals surface area contributed by atoms with Crippen LogP contribution in [-0.2, 0) is 58.9 Å². The zero-order valence-electron chi connectivity index (χ0n) is 37.8. The number of amides is 1. The molecule has 0 aromatic heterocycles. The monoisotopic (exact) mass is 871 g/mol. The molecule has 0 heterocycles. The number of carbonyl (C=O) groups is 7. The summed E-state index contributed by atoms with van der Waals surface area (Å²) in [7, 11) is 0. The molecule has 0 radical (unpaired) electrons. The molecule has 0 saturated carbocycles. The summed E-state index contributed by atoms with van der Waals surface area (Å²) in [5.41, 5.74) is -2.61. The minimum atomic E-state index is -3.12. The summed E-state index contributed by atoms with van der Waals surface area (Å²) in [6.45, 7) is 12.8. The molecule has 15 nitrogen and oxygen atoms in total. The standard InChI is InChI=1S/C47H69NO14/c1-9-11-13-16-19-22-37(49)23-20-17-14-15-18-21-24-39(47(57,46(55)56)31-41(50)59-34(7)60-43(52)32(3)4)42(51)48-40(45(54)62-35(8)61-44(53)33(5)6)30-36-25-27-38(28-26-36)58-29-12-10-2/h21,24-28,32-35,39-40,57H,9,11,13-20,22-23,29-31H2,1-8H3,(H,48,51)(H,55,56)/t34?,35?,39-,40+,47+/m1/s1. The third-order valence-electron chi connectivity index (χ3n) is 9.58. The van der Waals surface area contributed by atoms with Gasteiger partial charge in [0.1, 0.15) is 24.2 Å². The second kappa shape index (κ2) is 29.9. The van der Waals surface area contributed by atoms with E-state index in [1.54, 1.807) is 58.9 Å². The molecule has 2 unspecified atom stereocenters. The van der Waals surface area contributed by atoms with Crippen molar-refractivity contribution in [1.29, 1.82) is 0 Å². The van der Waals surface area contributed by atoms with Crippen LogP contribution in [0.1, 0.15) is 144 Å². The highest BCUT2D eigenvalue weighted by atomic mass is 16.7. The van der Waals surface area contributed by atoms with Crippen LogP contribution >= 0.6 is 0 Å². The highest BCUT2D eigenvalue weighted by molar-refractivity contribution is 5.95. The zero-order chi connectivity index (χ0) is 46.7. The average molecular weight is 872 g/mol. The van der Waals surface area contributed by atoms with Gasteiger partial charge in [-0.05, 0) is 50.3 Å². The lowest BCUT2D eigenvalue weighted by atomic mass is 9.82. The molecule has 0 aliphatic heterocycles. The molecule has 0 spiro atoms. The van der Waals surface area contributed by atoms with Crippen LogP contribution in [0.2, 0.25) is 0 Å². The Morgan fingerprint density at radius 3 is 1.81 bits per heavy atom. The Bertz CT molecular complexity index is 1670. The number of aliphatic carboxylic acids is 1. The lowest BCUT2D eigenvalue weighted by molar-refractivity contribution is -0.194. The SMILES string of the molecule is CC#CCOc1ccc(C[C@H](NC(=O)[C@@H](C=CCCCCCCC(=O)CCCCCCC)[C@@](O)(CC(=O)OC(C)OC(=O)C(C)C)C(=O)O)C(=O)OC(C)OC(=O)C(C)C)cc1. The number of nitrogens with one attached hydrogen (secondary N) is 1. The van der Waals surface area contributed by atoms with Crippen LogP contribution in [0.25, 0.3) is 0 Å². The normalized spacial score (nSPS) is 14.0. The second-order valence-corrected chi connectivity index (χ2v) is 15.8. The van der Waals surface area contributed by atoms with Crippen LogP contribution in [0.5, 0.6) is 5.75 Å². The number of hydrogen-bond acceptors (Lipinski definition) is 13. The first-order valence-electron chi connectivity index (χ1n) is 21.7. The van der Waals surface area contributed by atoms with Crippen molar-refractivity contribution in [1.82, 2.24) is 5.32 Å². The minimum absolute atomic E-state index is 0.144. The van der Waals surface area contributed by atoms with E-state index in [9.17, 15) is 43.8 Å². The number of aliphatic hydroxyl groups is 1. The van der Waals surface area contributed by atoms with E-state index < -0.39 is 84.2 Å². The molecule has 0 fully saturated rings. The molecule has 1 aromatic carbocycles. The van der Waals surface area contributed by atoms with Gasteiger partial charge >= 0.3 is 29.8 Å². The third kappa shape index (κ3) is 22.0.